The van der Waals surface area contributed by atoms with E-state index in [2.05, 4.69) is 10.4 Å². The van der Waals surface area contributed by atoms with Gasteiger partial charge in [-0.2, -0.15) is 10.4 Å². The highest BCUT2D eigenvalue weighted by atomic mass is 16.5. The van der Waals surface area contributed by atoms with Crippen LogP contribution in [0.4, 0.5) is 5.82 Å². The van der Waals surface area contributed by atoms with Crippen LogP contribution in [-0.2, 0) is 6.54 Å². The Morgan fingerprint density at radius 2 is 1.97 bits per heavy atom. The van der Waals surface area contributed by atoms with Crippen LogP contribution in [0, 0.1) is 11.3 Å². The Morgan fingerprint density at radius 3 is 2.68 bits per heavy atom. The molecule has 0 aliphatic heterocycles. The van der Waals surface area contributed by atoms with Gasteiger partial charge in [-0.3, -0.25) is 4.79 Å². The van der Waals surface area contributed by atoms with E-state index in [4.69, 9.17) is 15.7 Å². The lowest BCUT2D eigenvalue weighted by molar-refractivity contribution is 0.0950. The molecule has 3 N–H and O–H groups in total. The number of benzene rings is 2. The summed E-state index contributed by atoms with van der Waals surface area (Å²) in [6, 6.07) is 16.8. The quantitative estimate of drug-likeness (QED) is 0.634. The largest absolute Gasteiger partial charge is 0.490 e. The molecule has 1 aliphatic carbocycles. The van der Waals surface area contributed by atoms with E-state index in [1.807, 2.05) is 30.3 Å². The van der Waals surface area contributed by atoms with Crippen LogP contribution >= 0.6 is 0 Å². The van der Waals surface area contributed by atoms with Crippen molar-refractivity contribution in [3.8, 4) is 17.5 Å². The van der Waals surface area contributed by atoms with Crippen LogP contribution < -0.4 is 15.8 Å². The van der Waals surface area contributed by atoms with Crippen molar-refractivity contribution in [1.82, 2.24) is 15.1 Å². The number of nitrogen functional groups attached to an aromatic ring is 1. The van der Waals surface area contributed by atoms with Gasteiger partial charge in [0.15, 0.2) is 0 Å². The summed E-state index contributed by atoms with van der Waals surface area (Å²) in [5, 5.41) is 16.1. The van der Waals surface area contributed by atoms with Crippen LogP contribution in [-0.4, -0.2) is 21.8 Å². The van der Waals surface area contributed by atoms with Crippen molar-refractivity contribution in [2.24, 2.45) is 0 Å². The molecular weight excluding hydrogens is 390 g/mol. The summed E-state index contributed by atoms with van der Waals surface area (Å²) in [5.41, 5.74) is 8.44. The first-order valence-electron chi connectivity index (χ1n) is 10.5. The Labute approximate surface area is 181 Å². The summed E-state index contributed by atoms with van der Waals surface area (Å²) in [4.78, 5) is 12.6. The monoisotopic (exact) mass is 415 g/mol. The first kappa shape index (κ1) is 20.5. The summed E-state index contributed by atoms with van der Waals surface area (Å²) in [7, 11) is 0. The molecule has 1 amide bonds. The number of nitrogens with zero attached hydrogens (tertiary/aromatic N) is 3. The van der Waals surface area contributed by atoms with E-state index in [-0.39, 0.29) is 11.7 Å². The van der Waals surface area contributed by atoms with E-state index in [0.717, 1.165) is 24.2 Å². The lowest BCUT2D eigenvalue weighted by atomic mass is 9.98. The normalized spacial score (nSPS) is 14.0. The van der Waals surface area contributed by atoms with Gasteiger partial charge >= 0.3 is 0 Å². The molecule has 158 valence electrons. The van der Waals surface area contributed by atoms with Gasteiger partial charge in [0, 0.05) is 12.1 Å². The number of rotatable bonds is 6. The Morgan fingerprint density at radius 1 is 1.19 bits per heavy atom. The van der Waals surface area contributed by atoms with Crippen LogP contribution in [0.15, 0.2) is 54.7 Å². The number of hydrogen-bond donors (Lipinski definition) is 2. The Bertz CT molecular complexity index is 1090. The van der Waals surface area contributed by atoms with Crippen molar-refractivity contribution in [3.05, 3.63) is 71.4 Å². The molecule has 0 saturated heterocycles. The molecule has 1 aromatic heterocycles. The van der Waals surface area contributed by atoms with Crippen molar-refractivity contribution < 1.29 is 9.53 Å². The lowest BCUT2D eigenvalue weighted by Crippen LogP contribution is -2.23. The van der Waals surface area contributed by atoms with Crippen molar-refractivity contribution in [2.75, 3.05) is 5.73 Å². The standard InChI is InChI=1S/C24H25N5O2/c25-14-19-16-28-29(23(19)26)20-11-9-18(10-12-20)24(30)27-15-17-5-4-8-22(13-17)31-21-6-2-1-3-7-21/h4-5,8-13,16,21H,1-3,6-7,15,26H2,(H,27,30). The zero-order valence-corrected chi connectivity index (χ0v) is 17.3. The molecule has 1 heterocycles. The van der Waals surface area contributed by atoms with Gasteiger partial charge in [-0.15, -0.1) is 0 Å². The van der Waals surface area contributed by atoms with E-state index in [1.165, 1.54) is 30.1 Å². The fraction of sp³-hybridized carbons (Fsp3) is 0.292. The first-order valence-corrected chi connectivity index (χ1v) is 10.5. The van der Waals surface area contributed by atoms with Crippen LogP contribution in [0.25, 0.3) is 5.69 Å². The zero-order chi connectivity index (χ0) is 21.6. The van der Waals surface area contributed by atoms with Gasteiger partial charge in [-0.25, -0.2) is 4.68 Å². The minimum absolute atomic E-state index is 0.170. The minimum Gasteiger partial charge on any atom is -0.490 e. The maximum Gasteiger partial charge on any atom is 0.251 e. The number of nitriles is 1. The van der Waals surface area contributed by atoms with Gasteiger partial charge in [0.1, 0.15) is 23.2 Å². The van der Waals surface area contributed by atoms with E-state index in [0.29, 0.717) is 29.5 Å². The first-order chi connectivity index (χ1) is 15.1. The summed E-state index contributed by atoms with van der Waals surface area (Å²) in [5.74, 6) is 0.961. The third-order valence-corrected chi connectivity index (χ3v) is 5.51. The molecule has 1 fully saturated rings. The van der Waals surface area contributed by atoms with Gasteiger partial charge in [0.05, 0.1) is 18.0 Å². The molecule has 7 heteroatoms. The maximum atomic E-state index is 12.6. The van der Waals surface area contributed by atoms with Crippen molar-refractivity contribution in [3.63, 3.8) is 0 Å². The van der Waals surface area contributed by atoms with Gasteiger partial charge in [-0.05, 0) is 67.6 Å². The van der Waals surface area contributed by atoms with Crippen molar-refractivity contribution in [2.45, 2.75) is 44.8 Å². The SMILES string of the molecule is N#Cc1cnn(-c2ccc(C(=O)NCc3cccc(OC4CCCCC4)c3)cc2)c1N. The number of ether oxygens (including phenoxy) is 1. The van der Waals surface area contributed by atoms with Gasteiger partial charge in [0.2, 0.25) is 0 Å². The second-order valence-electron chi connectivity index (χ2n) is 7.72. The molecule has 0 unspecified atom stereocenters. The molecule has 31 heavy (non-hydrogen) atoms. The van der Waals surface area contributed by atoms with E-state index in [1.54, 1.807) is 24.3 Å². The van der Waals surface area contributed by atoms with Gasteiger partial charge in [-0.1, -0.05) is 18.6 Å². The van der Waals surface area contributed by atoms with Crippen molar-refractivity contribution in [1.29, 1.82) is 5.26 Å². The molecule has 2 aromatic carbocycles. The van der Waals surface area contributed by atoms with Crippen LogP contribution in [0.1, 0.15) is 53.6 Å². The minimum atomic E-state index is -0.170. The van der Waals surface area contributed by atoms with E-state index < -0.39 is 0 Å². The molecule has 0 spiro atoms. The number of nitrogens with two attached hydrogens (primary N) is 1. The molecule has 7 nitrogen and oxygen atoms in total. The fourth-order valence-electron chi connectivity index (χ4n) is 3.79. The molecule has 1 saturated carbocycles. The Kier molecular flexibility index (Phi) is 6.18. The second-order valence-corrected chi connectivity index (χ2v) is 7.72. The second kappa shape index (κ2) is 9.35. The number of nitrogens with one attached hydrogen (secondary N) is 1. The van der Waals surface area contributed by atoms with Gasteiger partial charge in [0.25, 0.3) is 5.91 Å². The number of carbonyl (C=O) groups excluding carboxylic acids is 1. The third kappa shape index (κ3) is 4.86. The molecule has 4 rings (SSSR count). The molecular formula is C24H25N5O2. The summed E-state index contributed by atoms with van der Waals surface area (Å²) in [6.07, 6.45) is 7.69. The van der Waals surface area contributed by atoms with Gasteiger partial charge < -0.3 is 15.8 Å². The predicted octanol–water partition coefficient (Wildman–Crippen LogP) is 3.97. The highest BCUT2D eigenvalue weighted by molar-refractivity contribution is 5.94. The van der Waals surface area contributed by atoms with Crippen LogP contribution in [0.3, 0.4) is 0 Å². The number of anilines is 1. The molecule has 0 bridgehead atoms. The summed E-state index contributed by atoms with van der Waals surface area (Å²) in [6.45, 7) is 0.417. The maximum absolute atomic E-state index is 12.6. The van der Waals surface area contributed by atoms with Crippen LogP contribution in [0.2, 0.25) is 0 Å². The summed E-state index contributed by atoms with van der Waals surface area (Å²) < 4.78 is 7.58. The zero-order valence-electron chi connectivity index (χ0n) is 17.3. The number of aromatic nitrogens is 2. The molecule has 0 radical (unpaired) electrons. The molecule has 3 aromatic rings. The number of carbonyl (C=O) groups is 1. The third-order valence-electron chi connectivity index (χ3n) is 5.51. The lowest BCUT2D eigenvalue weighted by Gasteiger charge is -2.23. The van der Waals surface area contributed by atoms with E-state index in [9.17, 15) is 4.79 Å². The molecule has 1 aliphatic rings. The topological polar surface area (TPSA) is 106 Å². The van der Waals surface area contributed by atoms with Crippen LogP contribution in [0.5, 0.6) is 5.75 Å². The average Bonchev–Trinajstić information content (AvgIpc) is 3.19. The fourth-order valence-corrected chi connectivity index (χ4v) is 3.79. The summed E-state index contributed by atoms with van der Waals surface area (Å²) >= 11 is 0. The smallest absolute Gasteiger partial charge is 0.251 e. The predicted molar refractivity (Wildman–Crippen MR) is 118 cm³/mol. The average molecular weight is 415 g/mol. The Hall–Kier alpha value is -3.79. The van der Waals surface area contributed by atoms with E-state index >= 15 is 0 Å². The highest BCUT2D eigenvalue weighted by Crippen LogP contribution is 2.24. The Balaban J connectivity index is 1.36. The number of hydrogen-bond acceptors (Lipinski definition) is 5. The van der Waals surface area contributed by atoms with Crippen molar-refractivity contribution >= 4 is 11.7 Å². The highest BCUT2D eigenvalue weighted by Gasteiger charge is 2.15. The number of amides is 1. The molecule has 0 atom stereocenters.